The van der Waals surface area contributed by atoms with E-state index in [1.807, 2.05) is 0 Å². The van der Waals surface area contributed by atoms with E-state index >= 15 is 0 Å². The summed E-state index contributed by atoms with van der Waals surface area (Å²) in [7, 11) is -9.93. The Balaban J connectivity index is 5.22. The number of esters is 4. The summed E-state index contributed by atoms with van der Waals surface area (Å²) in [6.07, 6.45) is 68.1. The molecular formula is C89H174O17P2. The van der Waals surface area contributed by atoms with Crippen molar-refractivity contribution in [1.82, 2.24) is 0 Å². The summed E-state index contributed by atoms with van der Waals surface area (Å²) >= 11 is 0. The molecule has 0 bridgehead atoms. The van der Waals surface area contributed by atoms with Gasteiger partial charge in [-0.15, -0.1) is 0 Å². The molecule has 0 saturated carbocycles. The zero-order valence-electron chi connectivity index (χ0n) is 71.5. The second kappa shape index (κ2) is 77.6. The second-order valence-electron chi connectivity index (χ2n) is 33.4. The lowest BCUT2D eigenvalue weighted by Crippen LogP contribution is -2.30. The number of aliphatic hydroxyl groups excluding tert-OH is 1. The van der Waals surface area contributed by atoms with Crippen molar-refractivity contribution in [1.29, 1.82) is 0 Å². The highest BCUT2D eigenvalue weighted by Crippen LogP contribution is 2.45. The molecule has 0 rings (SSSR count). The van der Waals surface area contributed by atoms with Gasteiger partial charge in [0.25, 0.3) is 0 Å². The molecular weight excluding hydrogens is 1400 g/mol. The number of carbonyl (C=O) groups is 4. The molecule has 0 saturated heterocycles. The maximum absolute atomic E-state index is 13.2. The molecule has 0 aromatic rings. The van der Waals surface area contributed by atoms with Crippen LogP contribution in [0.2, 0.25) is 0 Å². The van der Waals surface area contributed by atoms with Gasteiger partial charge in [0.15, 0.2) is 12.2 Å². The molecule has 17 nitrogen and oxygen atoms in total. The Hall–Kier alpha value is -1.94. The molecule has 4 unspecified atom stereocenters. The smallest absolute Gasteiger partial charge is 0.462 e. The summed E-state index contributed by atoms with van der Waals surface area (Å²) in [5, 5.41) is 10.7. The Morgan fingerprint density at radius 3 is 0.657 bits per heavy atom. The molecule has 0 aromatic carbocycles. The van der Waals surface area contributed by atoms with Gasteiger partial charge in [-0.2, -0.15) is 0 Å². The number of phosphoric ester groups is 2. The van der Waals surface area contributed by atoms with Crippen LogP contribution in [-0.2, 0) is 65.4 Å². The largest absolute Gasteiger partial charge is 0.472 e. The Morgan fingerprint density at radius 1 is 0.259 bits per heavy atom. The van der Waals surface area contributed by atoms with E-state index in [0.717, 1.165) is 120 Å². The fourth-order valence-corrected chi connectivity index (χ4v) is 15.4. The lowest BCUT2D eigenvalue weighted by Gasteiger charge is -2.21. The van der Waals surface area contributed by atoms with Crippen molar-refractivity contribution < 1.29 is 80.2 Å². The molecule has 19 heteroatoms. The third-order valence-corrected chi connectivity index (χ3v) is 23.4. The second-order valence-corrected chi connectivity index (χ2v) is 36.3. The molecule has 108 heavy (non-hydrogen) atoms. The number of phosphoric acid groups is 2. The van der Waals surface area contributed by atoms with Gasteiger partial charge >= 0.3 is 39.5 Å². The van der Waals surface area contributed by atoms with Crippen LogP contribution in [0, 0.1) is 23.7 Å². The molecule has 3 N–H and O–H groups in total. The fraction of sp³-hybridized carbons (Fsp3) is 0.955. The van der Waals surface area contributed by atoms with Gasteiger partial charge in [-0.3, -0.25) is 37.3 Å². The highest BCUT2D eigenvalue weighted by Gasteiger charge is 2.31. The van der Waals surface area contributed by atoms with E-state index in [1.165, 1.54) is 263 Å². The van der Waals surface area contributed by atoms with Gasteiger partial charge in [0.2, 0.25) is 0 Å². The lowest BCUT2D eigenvalue weighted by atomic mass is 9.99. The van der Waals surface area contributed by atoms with E-state index in [1.54, 1.807) is 0 Å². The average molecular weight is 1580 g/mol. The van der Waals surface area contributed by atoms with Gasteiger partial charge in [0.1, 0.15) is 19.3 Å². The van der Waals surface area contributed by atoms with Crippen LogP contribution in [-0.4, -0.2) is 96.7 Å². The molecule has 0 aliphatic carbocycles. The van der Waals surface area contributed by atoms with Crippen molar-refractivity contribution in [2.75, 3.05) is 39.6 Å². The minimum Gasteiger partial charge on any atom is -0.462 e. The van der Waals surface area contributed by atoms with Crippen LogP contribution in [0.4, 0.5) is 0 Å². The van der Waals surface area contributed by atoms with E-state index < -0.39 is 97.5 Å². The van der Waals surface area contributed by atoms with Crippen molar-refractivity contribution in [2.45, 2.75) is 485 Å². The first-order valence-corrected chi connectivity index (χ1v) is 48.8. The molecule has 0 aliphatic heterocycles. The van der Waals surface area contributed by atoms with Crippen LogP contribution >= 0.6 is 15.6 Å². The van der Waals surface area contributed by atoms with Crippen LogP contribution in [0.1, 0.15) is 466 Å². The van der Waals surface area contributed by atoms with E-state index in [-0.39, 0.29) is 25.7 Å². The number of ether oxygens (including phenoxy) is 4. The standard InChI is InChI=1S/C89H174O17P2/c1-9-81(7)67-59-51-43-37-31-25-21-22-28-34-40-46-56-64-71-88(93)105-84(75-99-86(91)69-61-53-44-38-32-26-19-14-12-11-13-17-23-29-35-41-49-57-65-79(3)4)77-103-107(95,96)101-73-83(90)74-102-108(97,98)104-78-85(76-100-87(92)70-62-54-48-47-52-60-68-82(8)10-2)106-89(94)72-63-55-45-39-33-27-20-16-15-18-24-30-36-42-50-58-66-80(5)6/h79-85,90H,9-78H2,1-8H3,(H,95,96)(H,97,98)/t81?,82?,83-,84-,85-/m1/s1. The number of hydrogen-bond acceptors (Lipinski definition) is 15. The summed E-state index contributed by atoms with van der Waals surface area (Å²) in [6, 6.07) is 0. The van der Waals surface area contributed by atoms with Gasteiger partial charge < -0.3 is 33.8 Å². The molecule has 0 radical (unpaired) electrons. The molecule has 0 heterocycles. The zero-order chi connectivity index (χ0) is 79.5. The average Bonchev–Trinajstić information content (AvgIpc) is 0.904. The first-order chi connectivity index (χ1) is 52.2. The minimum absolute atomic E-state index is 0.107. The quantitative estimate of drug-likeness (QED) is 0.0222. The molecule has 0 aromatic heterocycles. The van der Waals surface area contributed by atoms with Crippen LogP contribution in [0.25, 0.3) is 0 Å². The predicted octanol–water partition coefficient (Wildman–Crippen LogP) is 27.1. The van der Waals surface area contributed by atoms with E-state index in [4.69, 9.17) is 37.0 Å². The number of aliphatic hydroxyl groups is 1. The van der Waals surface area contributed by atoms with Crippen LogP contribution in [0.3, 0.4) is 0 Å². The van der Waals surface area contributed by atoms with Gasteiger partial charge in [-0.05, 0) is 49.4 Å². The van der Waals surface area contributed by atoms with Crippen molar-refractivity contribution in [3.63, 3.8) is 0 Å². The first kappa shape index (κ1) is 106. The van der Waals surface area contributed by atoms with Gasteiger partial charge in [-0.25, -0.2) is 9.13 Å². The Labute approximate surface area is 664 Å². The van der Waals surface area contributed by atoms with Gasteiger partial charge in [-0.1, -0.05) is 415 Å². The maximum Gasteiger partial charge on any atom is 0.472 e. The van der Waals surface area contributed by atoms with Crippen molar-refractivity contribution in [2.24, 2.45) is 23.7 Å². The number of unbranched alkanes of at least 4 members (excludes halogenated alkanes) is 50. The third kappa shape index (κ3) is 79.3. The number of carbonyl (C=O) groups excluding carboxylic acids is 4. The molecule has 0 aliphatic rings. The van der Waals surface area contributed by atoms with Crippen LogP contribution in [0.15, 0.2) is 0 Å². The molecule has 7 atom stereocenters. The molecule has 0 spiro atoms. The topological polar surface area (TPSA) is 237 Å². The van der Waals surface area contributed by atoms with Crippen molar-refractivity contribution in [3.8, 4) is 0 Å². The molecule has 0 fully saturated rings. The third-order valence-electron chi connectivity index (χ3n) is 21.5. The van der Waals surface area contributed by atoms with Gasteiger partial charge in [0, 0.05) is 25.7 Å². The predicted molar refractivity (Wildman–Crippen MR) is 446 cm³/mol. The monoisotopic (exact) mass is 1580 g/mol. The summed E-state index contributed by atoms with van der Waals surface area (Å²) in [5.41, 5.74) is 0. The summed E-state index contributed by atoms with van der Waals surface area (Å²) in [5.74, 6) is 1.10. The van der Waals surface area contributed by atoms with Crippen LogP contribution in [0.5, 0.6) is 0 Å². The highest BCUT2D eigenvalue weighted by molar-refractivity contribution is 7.47. The number of rotatable bonds is 86. The zero-order valence-corrected chi connectivity index (χ0v) is 73.3. The van der Waals surface area contributed by atoms with Crippen molar-refractivity contribution in [3.05, 3.63) is 0 Å². The Morgan fingerprint density at radius 2 is 0.444 bits per heavy atom. The Kier molecular flexibility index (Phi) is 76.2. The normalized spacial score (nSPS) is 14.4. The summed E-state index contributed by atoms with van der Waals surface area (Å²) in [6.45, 7) is 14.4. The minimum atomic E-state index is -4.97. The summed E-state index contributed by atoms with van der Waals surface area (Å²) < 4.78 is 69.0. The molecule has 0 amide bonds. The number of hydrogen-bond donors (Lipinski definition) is 3. The Bertz CT molecular complexity index is 2100. The molecule has 642 valence electrons. The van der Waals surface area contributed by atoms with E-state index in [0.29, 0.717) is 25.7 Å². The highest BCUT2D eigenvalue weighted by atomic mass is 31.2. The lowest BCUT2D eigenvalue weighted by molar-refractivity contribution is -0.161. The van der Waals surface area contributed by atoms with E-state index in [9.17, 15) is 43.2 Å². The van der Waals surface area contributed by atoms with E-state index in [2.05, 4.69) is 55.4 Å². The summed E-state index contributed by atoms with van der Waals surface area (Å²) in [4.78, 5) is 73.3. The van der Waals surface area contributed by atoms with Crippen LogP contribution < -0.4 is 0 Å². The fourth-order valence-electron chi connectivity index (χ4n) is 13.8. The van der Waals surface area contributed by atoms with Crippen molar-refractivity contribution >= 4 is 39.5 Å². The van der Waals surface area contributed by atoms with Gasteiger partial charge in [0.05, 0.1) is 26.4 Å². The SMILES string of the molecule is CCC(C)CCCCCCCCCCCCCCCCC(=O)O[C@H](COC(=O)CCCCCCCCCCCCCCCCCCCCC(C)C)COP(=O)(O)OC[C@@H](O)COP(=O)(O)OC[C@@H](COC(=O)CCCCCCCCC(C)CC)OC(=O)CCCCCCCCCCCCCCCCCCC(C)C. The first-order valence-electron chi connectivity index (χ1n) is 45.8. The maximum atomic E-state index is 13.2.